The highest BCUT2D eigenvalue weighted by Crippen LogP contribution is 2.13. The summed E-state index contributed by atoms with van der Waals surface area (Å²) < 4.78 is 2.23. The minimum atomic E-state index is 0.645. The van der Waals surface area contributed by atoms with E-state index in [0.717, 1.165) is 19.6 Å². The predicted molar refractivity (Wildman–Crippen MR) is 89.5 cm³/mol. The summed E-state index contributed by atoms with van der Waals surface area (Å²) in [7, 11) is 2.22. The van der Waals surface area contributed by atoms with Crippen LogP contribution >= 0.6 is 0 Å². The second kappa shape index (κ2) is 7.97. The summed E-state index contributed by atoms with van der Waals surface area (Å²) in [5.41, 5.74) is 1.39. The van der Waals surface area contributed by atoms with Gasteiger partial charge in [-0.05, 0) is 31.5 Å². The molecule has 4 heteroatoms. The lowest BCUT2D eigenvalue weighted by Crippen LogP contribution is -2.53. The van der Waals surface area contributed by atoms with Gasteiger partial charge in [-0.1, -0.05) is 13.8 Å². The van der Waals surface area contributed by atoms with Crippen LogP contribution in [-0.2, 0) is 13.1 Å². The van der Waals surface area contributed by atoms with Gasteiger partial charge in [-0.15, -0.1) is 0 Å². The van der Waals surface area contributed by atoms with Crippen LogP contribution in [0, 0.1) is 5.92 Å². The first-order chi connectivity index (χ1) is 10.1. The molecule has 2 rings (SSSR count). The topological polar surface area (TPSA) is 23.4 Å². The van der Waals surface area contributed by atoms with Crippen molar-refractivity contribution in [1.29, 1.82) is 0 Å². The van der Waals surface area contributed by atoms with Crippen LogP contribution in [0.25, 0.3) is 0 Å². The fraction of sp³-hybridized carbons (Fsp3) is 0.765. The normalized spacial score (nSPS) is 19.3. The second-order valence-corrected chi connectivity index (χ2v) is 6.63. The van der Waals surface area contributed by atoms with E-state index in [1.165, 1.54) is 31.7 Å². The van der Waals surface area contributed by atoms with Crippen LogP contribution in [0.5, 0.6) is 0 Å². The van der Waals surface area contributed by atoms with Gasteiger partial charge in [0.25, 0.3) is 0 Å². The van der Waals surface area contributed by atoms with Crippen molar-refractivity contribution in [1.82, 2.24) is 19.7 Å². The molecule has 0 amide bonds. The Morgan fingerprint density at radius 3 is 2.48 bits per heavy atom. The molecule has 1 aliphatic rings. The third-order valence-electron chi connectivity index (χ3n) is 4.64. The molecule has 0 aromatic carbocycles. The highest BCUT2D eigenvalue weighted by Gasteiger charge is 2.24. The highest BCUT2D eigenvalue weighted by molar-refractivity contribution is 5.09. The molecule has 1 N–H and O–H groups in total. The Morgan fingerprint density at radius 1 is 1.19 bits per heavy atom. The summed E-state index contributed by atoms with van der Waals surface area (Å²) in [6.45, 7) is 14.8. The molecule has 4 nitrogen and oxygen atoms in total. The first-order valence-corrected chi connectivity index (χ1v) is 8.38. The Bertz CT molecular complexity index is 405. The minimum absolute atomic E-state index is 0.645. The van der Waals surface area contributed by atoms with Crippen LogP contribution in [0.15, 0.2) is 18.5 Å². The predicted octanol–water partition coefficient (Wildman–Crippen LogP) is 1.87. The number of rotatable bonds is 7. The molecule has 1 fully saturated rings. The Labute approximate surface area is 130 Å². The van der Waals surface area contributed by atoms with E-state index in [2.05, 4.69) is 66.0 Å². The third kappa shape index (κ3) is 4.83. The van der Waals surface area contributed by atoms with Crippen LogP contribution in [-0.4, -0.2) is 60.2 Å². The van der Waals surface area contributed by atoms with Gasteiger partial charge < -0.3 is 14.8 Å². The van der Waals surface area contributed by atoms with E-state index >= 15 is 0 Å². The van der Waals surface area contributed by atoms with Gasteiger partial charge in [0, 0.05) is 64.2 Å². The fourth-order valence-electron chi connectivity index (χ4n) is 3.10. The van der Waals surface area contributed by atoms with Crippen LogP contribution in [0.3, 0.4) is 0 Å². The molecule has 1 aliphatic heterocycles. The summed E-state index contributed by atoms with van der Waals surface area (Å²) >= 11 is 0. The van der Waals surface area contributed by atoms with Crippen molar-refractivity contribution in [2.24, 2.45) is 5.92 Å². The average molecular weight is 292 g/mol. The molecule has 120 valence electrons. The Kier molecular flexibility index (Phi) is 6.27. The maximum Gasteiger partial charge on any atom is 0.0244 e. The Morgan fingerprint density at radius 2 is 1.90 bits per heavy atom. The van der Waals surface area contributed by atoms with Crippen LogP contribution in [0.4, 0.5) is 0 Å². The first kappa shape index (κ1) is 16.5. The number of likely N-dealkylation sites (N-methyl/N-ethyl adjacent to an activating group) is 1. The Hall–Kier alpha value is -0.840. The standard InChI is InChI=1S/C17H32N4/c1-5-20-7-6-16(14-20)12-18-13-17(15(2)3)21-10-8-19(4)9-11-21/h6-7,14-15,17-18H,5,8-13H2,1-4H3. The van der Waals surface area contributed by atoms with Gasteiger partial charge in [0.05, 0.1) is 0 Å². The van der Waals surface area contributed by atoms with Gasteiger partial charge in [0.15, 0.2) is 0 Å². The van der Waals surface area contributed by atoms with Crippen LogP contribution in [0.1, 0.15) is 26.3 Å². The number of nitrogens with one attached hydrogen (secondary N) is 1. The molecular weight excluding hydrogens is 260 g/mol. The zero-order chi connectivity index (χ0) is 15.2. The summed E-state index contributed by atoms with van der Waals surface area (Å²) in [4.78, 5) is 5.09. The summed E-state index contributed by atoms with van der Waals surface area (Å²) in [5.74, 6) is 0.696. The zero-order valence-corrected chi connectivity index (χ0v) is 14.2. The molecule has 1 aromatic rings. The van der Waals surface area contributed by atoms with Crippen molar-refractivity contribution in [2.75, 3.05) is 39.8 Å². The van der Waals surface area contributed by atoms with Gasteiger partial charge in [0.2, 0.25) is 0 Å². The van der Waals surface area contributed by atoms with E-state index in [-0.39, 0.29) is 0 Å². The third-order valence-corrected chi connectivity index (χ3v) is 4.64. The molecule has 21 heavy (non-hydrogen) atoms. The molecule has 2 heterocycles. The molecule has 0 radical (unpaired) electrons. The van der Waals surface area contributed by atoms with Gasteiger partial charge in [0.1, 0.15) is 0 Å². The number of hydrogen-bond donors (Lipinski definition) is 1. The van der Waals surface area contributed by atoms with E-state index in [1.807, 2.05) is 0 Å². The number of nitrogens with zero attached hydrogens (tertiary/aromatic N) is 3. The molecule has 1 aromatic heterocycles. The van der Waals surface area contributed by atoms with E-state index in [9.17, 15) is 0 Å². The molecule has 0 saturated carbocycles. The Balaban J connectivity index is 1.80. The molecule has 0 spiro atoms. The fourth-order valence-corrected chi connectivity index (χ4v) is 3.10. The molecule has 1 unspecified atom stereocenters. The lowest BCUT2D eigenvalue weighted by molar-refractivity contribution is 0.0875. The molecule has 1 saturated heterocycles. The largest absolute Gasteiger partial charge is 0.354 e. The summed E-state index contributed by atoms with van der Waals surface area (Å²) in [5, 5.41) is 3.66. The van der Waals surface area contributed by atoms with Crippen molar-refractivity contribution in [3.05, 3.63) is 24.0 Å². The van der Waals surface area contributed by atoms with E-state index < -0.39 is 0 Å². The molecule has 0 bridgehead atoms. The van der Waals surface area contributed by atoms with Crippen molar-refractivity contribution < 1.29 is 0 Å². The van der Waals surface area contributed by atoms with Gasteiger partial charge in [-0.3, -0.25) is 4.90 Å². The van der Waals surface area contributed by atoms with Crippen LogP contribution in [0.2, 0.25) is 0 Å². The summed E-state index contributed by atoms with van der Waals surface area (Å²) in [6, 6.07) is 2.86. The van der Waals surface area contributed by atoms with Gasteiger partial charge in [-0.2, -0.15) is 0 Å². The van der Waals surface area contributed by atoms with Crippen molar-refractivity contribution in [2.45, 2.75) is 39.9 Å². The zero-order valence-electron chi connectivity index (χ0n) is 14.2. The van der Waals surface area contributed by atoms with Crippen molar-refractivity contribution in [3.8, 4) is 0 Å². The monoisotopic (exact) mass is 292 g/mol. The van der Waals surface area contributed by atoms with Crippen LogP contribution < -0.4 is 5.32 Å². The average Bonchev–Trinajstić information content (AvgIpc) is 2.92. The number of aromatic nitrogens is 1. The van der Waals surface area contributed by atoms with E-state index in [0.29, 0.717) is 12.0 Å². The number of piperazine rings is 1. The maximum absolute atomic E-state index is 3.66. The van der Waals surface area contributed by atoms with Gasteiger partial charge in [-0.25, -0.2) is 0 Å². The van der Waals surface area contributed by atoms with Crippen molar-refractivity contribution >= 4 is 0 Å². The molecule has 1 atom stereocenters. The van der Waals surface area contributed by atoms with E-state index in [1.54, 1.807) is 0 Å². The quantitative estimate of drug-likeness (QED) is 0.830. The second-order valence-electron chi connectivity index (χ2n) is 6.63. The first-order valence-electron chi connectivity index (χ1n) is 8.38. The van der Waals surface area contributed by atoms with Crippen molar-refractivity contribution in [3.63, 3.8) is 0 Å². The smallest absolute Gasteiger partial charge is 0.0244 e. The molecular formula is C17H32N4. The summed E-state index contributed by atoms with van der Waals surface area (Å²) in [6.07, 6.45) is 4.41. The maximum atomic E-state index is 3.66. The van der Waals surface area contributed by atoms with Gasteiger partial charge >= 0.3 is 0 Å². The lowest BCUT2D eigenvalue weighted by atomic mass is 10.0. The number of aryl methyl sites for hydroxylation is 1. The minimum Gasteiger partial charge on any atom is -0.354 e. The number of hydrogen-bond acceptors (Lipinski definition) is 3. The molecule has 0 aliphatic carbocycles. The highest BCUT2D eigenvalue weighted by atomic mass is 15.3. The SMILES string of the molecule is CCn1ccc(CNCC(C(C)C)N2CCN(C)CC2)c1. The lowest BCUT2D eigenvalue weighted by Gasteiger charge is -2.40. The van der Waals surface area contributed by atoms with E-state index in [4.69, 9.17) is 0 Å².